The molecule has 1 saturated carbocycles. The minimum atomic E-state index is -4.28. The van der Waals surface area contributed by atoms with Crippen molar-refractivity contribution < 1.29 is 27.3 Å². The van der Waals surface area contributed by atoms with Gasteiger partial charge in [-0.15, -0.1) is 0 Å². The van der Waals surface area contributed by atoms with Crippen LogP contribution in [0.5, 0.6) is 0 Å². The molecule has 1 atom stereocenters. The number of nitrogens with one attached hydrogen (secondary N) is 1. The summed E-state index contributed by atoms with van der Waals surface area (Å²) in [6, 6.07) is 8.10. The molecule has 222 valence electrons. The van der Waals surface area contributed by atoms with Crippen LogP contribution < -0.4 is 5.32 Å². The van der Waals surface area contributed by atoms with Gasteiger partial charge in [-0.25, -0.2) is 9.97 Å². The summed E-state index contributed by atoms with van der Waals surface area (Å²) in [6.45, 7) is 4.43. The van der Waals surface area contributed by atoms with Gasteiger partial charge in [0.1, 0.15) is 11.5 Å². The number of hydrogen-bond donors (Lipinski definition) is 1. The van der Waals surface area contributed by atoms with Crippen LogP contribution in [0.3, 0.4) is 0 Å². The largest absolute Gasteiger partial charge is 0.396 e. The predicted molar refractivity (Wildman–Crippen MR) is 147 cm³/mol. The van der Waals surface area contributed by atoms with E-state index in [1.807, 2.05) is 0 Å². The van der Waals surface area contributed by atoms with Crippen molar-refractivity contribution in [3.63, 3.8) is 0 Å². The van der Waals surface area contributed by atoms with Crippen molar-refractivity contribution in [2.75, 3.05) is 18.4 Å². The van der Waals surface area contributed by atoms with E-state index in [0.717, 1.165) is 12.8 Å². The summed E-state index contributed by atoms with van der Waals surface area (Å²) in [5.41, 5.74) is -0.128. The molecule has 2 fully saturated rings. The number of anilines is 1. The summed E-state index contributed by atoms with van der Waals surface area (Å²) < 4.78 is 46.7. The number of likely N-dealkylation sites (tertiary alicyclic amines) is 1. The first kappa shape index (κ1) is 28.2. The van der Waals surface area contributed by atoms with E-state index in [4.69, 9.17) is 4.52 Å². The Morgan fingerprint density at radius 3 is 2.70 bits per heavy atom. The Morgan fingerprint density at radius 2 is 1.98 bits per heavy atom. The number of halogens is 3. The van der Waals surface area contributed by atoms with Gasteiger partial charge < -0.3 is 14.7 Å². The summed E-state index contributed by atoms with van der Waals surface area (Å²) in [6.07, 6.45) is 3.28. The Balaban J connectivity index is 1.09. The summed E-state index contributed by atoms with van der Waals surface area (Å²) in [5, 5.41) is 10.8. The summed E-state index contributed by atoms with van der Waals surface area (Å²) >= 11 is 0. The van der Waals surface area contributed by atoms with Crippen molar-refractivity contribution in [1.82, 2.24) is 34.8 Å². The lowest BCUT2D eigenvalue weighted by Crippen LogP contribution is -2.38. The van der Waals surface area contributed by atoms with Gasteiger partial charge in [0.15, 0.2) is 0 Å². The van der Waals surface area contributed by atoms with Crippen LogP contribution in [0.25, 0.3) is 22.6 Å². The molecule has 14 heteroatoms. The Morgan fingerprint density at radius 1 is 1.14 bits per heavy atom. The molecule has 0 unspecified atom stereocenters. The number of hydrogen-bond acceptors (Lipinski definition) is 8. The van der Waals surface area contributed by atoms with Gasteiger partial charge in [-0.2, -0.15) is 23.3 Å². The second-order valence-electron chi connectivity index (χ2n) is 10.8. The van der Waals surface area contributed by atoms with E-state index >= 15 is 0 Å². The van der Waals surface area contributed by atoms with Crippen molar-refractivity contribution in [3.8, 4) is 22.6 Å². The van der Waals surface area contributed by atoms with E-state index in [0.29, 0.717) is 41.6 Å². The zero-order valence-electron chi connectivity index (χ0n) is 22.9. The topological polar surface area (TPSA) is 132 Å². The standard InChI is InChI=1S/C29H27F3N8O3/c1-2-24(41)39-12-4-5-19(15-39)27-37-25(38-43-27)18-8-9-23(33-13-18)36-26(42)22-7-3-6-21(35-22)20-14-34-40(16-20)17-28(10-11-28)29(30,31)32/h2-3,6-9,13-14,16,19H,1,4-5,10-12,15,17H2,(H,33,36,42)/t19-/m0/s1. The van der Waals surface area contributed by atoms with E-state index in [2.05, 4.69) is 37.1 Å². The molecule has 4 aromatic heterocycles. The van der Waals surface area contributed by atoms with Crippen LogP contribution in [0.1, 0.15) is 48.0 Å². The molecule has 0 bridgehead atoms. The molecular weight excluding hydrogens is 565 g/mol. The number of carbonyl (C=O) groups is 2. The first-order valence-electron chi connectivity index (χ1n) is 13.7. The zero-order valence-corrected chi connectivity index (χ0v) is 22.9. The lowest BCUT2D eigenvalue weighted by Gasteiger charge is -2.30. The molecule has 1 N–H and O–H groups in total. The van der Waals surface area contributed by atoms with E-state index in [1.165, 1.54) is 35.4 Å². The highest BCUT2D eigenvalue weighted by atomic mass is 19.4. The number of rotatable bonds is 8. The first-order valence-corrected chi connectivity index (χ1v) is 13.7. The molecule has 1 saturated heterocycles. The molecule has 6 rings (SSSR count). The van der Waals surface area contributed by atoms with Crippen molar-refractivity contribution in [2.24, 2.45) is 5.41 Å². The maximum atomic E-state index is 13.3. The van der Waals surface area contributed by atoms with Crippen LogP contribution in [0, 0.1) is 5.41 Å². The highest BCUT2D eigenvalue weighted by molar-refractivity contribution is 6.02. The maximum absolute atomic E-state index is 13.3. The van der Waals surface area contributed by atoms with Crippen LogP contribution in [-0.4, -0.2) is 65.9 Å². The highest BCUT2D eigenvalue weighted by Crippen LogP contribution is 2.58. The van der Waals surface area contributed by atoms with Gasteiger partial charge in [-0.3, -0.25) is 14.3 Å². The van der Waals surface area contributed by atoms with Gasteiger partial charge in [0, 0.05) is 36.6 Å². The lowest BCUT2D eigenvalue weighted by molar-refractivity contribution is -0.191. The van der Waals surface area contributed by atoms with E-state index in [-0.39, 0.29) is 42.7 Å². The lowest BCUT2D eigenvalue weighted by atomic mass is 9.98. The van der Waals surface area contributed by atoms with Crippen molar-refractivity contribution in [1.29, 1.82) is 0 Å². The van der Waals surface area contributed by atoms with Crippen LogP contribution >= 0.6 is 0 Å². The monoisotopic (exact) mass is 592 g/mol. The van der Waals surface area contributed by atoms with Crippen LogP contribution in [0.15, 0.2) is 66.1 Å². The smallest absolute Gasteiger partial charge is 0.339 e. The molecule has 2 aliphatic rings. The number of amides is 2. The van der Waals surface area contributed by atoms with Gasteiger partial charge >= 0.3 is 6.18 Å². The van der Waals surface area contributed by atoms with Gasteiger partial charge in [0.2, 0.25) is 17.6 Å². The molecule has 0 aromatic carbocycles. The molecule has 11 nitrogen and oxygen atoms in total. The summed E-state index contributed by atoms with van der Waals surface area (Å²) in [5.74, 6) is 0.336. The Labute approximate surface area is 243 Å². The highest BCUT2D eigenvalue weighted by Gasteiger charge is 2.63. The third kappa shape index (κ3) is 5.90. The van der Waals surface area contributed by atoms with E-state index in [9.17, 15) is 22.8 Å². The Hall–Kier alpha value is -4.88. The second-order valence-corrected chi connectivity index (χ2v) is 10.8. The molecular formula is C29H27F3N8O3. The molecule has 0 radical (unpaired) electrons. The third-order valence-corrected chi connectivity index (χ3v) is 7.79. The molecule has 1 aliphatic heterocycles. The fraction of sp³-hybridized carbons (Fsp3) is 0.345. The van der Waals surface area contributed by atoms with Crippen LogP contribution in [0.2, 0.25) is 0 Å². The predicted octanol–water partition coefficient (Wildman–Crippen LogP) is 4.88. The second kappa shape index (κ2) is 11.1. The maximum Gasteiger partial charge on any atom is 0.396 e. The van der Waals surface area contributed by atoms with E-state index < -0.39 is 17.5 Å². The summed E-state index contributed by atoms with van der Waals surface area (Å²) in [7, 11) is 0. The molecule has 5 heterocycles. The molecule has 1 aliphatic carbocycles. The third-order valence-electron chi connectivity index (χ3n) is 7.79. The fourth-order valence-electron chi connectivity index (χ4n) is 5.10. The van der Waals surface area contributed by atoms with Crippen molar-refractivity contribution >= 4 is 17.6 Å². The minimum absolute atomic E-state index is 0.0715. The van der Waals surface area contributed by atoms with Gasteiger partial charge in [0.25, 0.3) is 5.91 Å². The number of piperidine rings is 1. The number of nitrogens with zero attached hydrogens (tertiary/aromatic N) is 7. The van der Waals surface area contributed by atoms with Crippen molar-refractivity contribution in [3.05, 3.63) is 73.2 Å². The molecule has 0 spiro atoms. The fourth-order valence-corrected chi connectivity index (χ4v) is 5.10. The average molecular weight is 593 g/mol. The van der Waals surface area contributed by atoms with Crippen LogP contribution in [0.4, 0.5) is 19.0 Å². The normalized spacial score (nSPS) is 17.8. The number of aromatic nitrogens is 6. The molecule has 43 heavy (non-hydrogen) atoms. The number of alkyl halides is 3. The Bertz CT molecular complexity index is 1660. The minimum Gasteiger partial charge on any atom is -0.339 e. The number of carbonyl (C=O) groups excluding carboxylic acids is 2. The van der Waals surface area contributed by atoms with Gasteiger partial charge in [0.05, 0.1) is 29.8 Å². The zero-order chi connectivity index (χ0) is 30.2. The molecule has 2 amide bonds. The quantitative estimate of drug-likeness (QED) is 0.287. The molecule has 4 aromatic rings. The number of pyridine rings is 2. The average Bonchev–Trinajstić information content (AvgIpc) is 3.41. The van der Waals surface area contributed by atoms with E-state index in [1.54, 1.807) is 29.2 Å². The van der Waals surface area contributed by atoms with Crippen LogP contribution in [-0.2, 0) is 11.3 Å². The van der Waals surface area contributed by atoms with Gasteiger partial charge in [-0.1, -0.05) is 17.8 Å². The Kier molecular flexibility index (Phi) is 7.28. The van der Waals surface area contributed by atoms with Gasteiger partial charge in [-0.05, 0) is 56.0 Å². The first-order chi connectivity index (χ1) is 20.6. The SMILES string of the molecule is C=CC(=O)N1CCC[C@H](c2nc(-c3ccc(NC(=O)c4cccc(-c5cnn(CC6(C(F)(F)F)CC6)c5)n4)nc3)no2)C1. The van der Waals surface area contributed by atoms with Crippen molar-refractivity contribution in [2.45, 2.75) is 44.3 Å². The summed E-state index contributed by atoms with van der Waals surface area (Å²) in [4.78, 5) is 39.8.